The van der Waals surface area contributed by atoms with Gasteiger partial charge >= 0.3 is 6.09 Å². The molecule has 1 N–H and O–H groups in total. The number of benzene rings is 2. The fourth-order valence-corrected chi connectivity index (χ4v) is 5.06. The summed E-state index contributed by atoms with van der Waals surface area (Å²) in [5.41, 5.74) is 0.977. The van der Waals surface area contributed by atoms with Crippen molar-refractivity contribution in [1.82, 2.24) is 9.88 Å². The highest BCUT2D eigenvalue weighted by atomic mass is 32.2. The predicted octanol–water partition coefficient (Wildman–Crippen LogP) is 4.49. The van der Waals surface area contributed by atoms with E-state index in [0.29, 0.717) is 48.3 Å². The molecule has 1 aliphatic rings. The number of nitrogens with zero attached hydrogens (tertiary/aromatic N) is 3. The number of pyridine rings is 1. The van der Waals surface area contributed by atoms with E-state index in [1.165, 1.54) is 4.31 Å². The average Bonchev–Trinajstić information content (AvgIpc) is 2.85. The Bertz CT molecular complexity index is 1270. The van der Waals surface area contributed by atoms with Gasteiger partial charge in [-0.3, -0.25) is 18.3 Å². The molecule has 0 saturated carbocycles. The van der Waals surface area contributed by atoms with Crippen LogP contribution < -0.4 is 9.62 Å². The van der Waals surface area contributed by atoms with E-state index in [1.807, 2.05) is 45.0 Å². The molecule has 3 aromatic rings. The fourth-order valence-electron chi connectivity index (χ4n) is 4.29. The van der Waals surface area contributed by atoms with Crippen molar-refractivity contribution in [1.29, 1.82) is 0 Å². The maximum atomic E-state index is 12.7. The molecule has 1 unspecified atom stereocenters. The van der Waals surface area contributed by atoms with E-state index in [9.17, 15) is 18.4 Å². The number of hydrogen-bond donors (Lipinski definition) is 1. The molecule has 9 nitrogen and oxygen atoms in total. The molecule has 0 bridgehead atoms. The van der Waals surface area contributed by atoms with E-state index in [-0.39, 0.29) is 11.9 Å². The number of nitrogens with one attached hydrogen (secondary N) is 1. The first-order valence-electron chi connectivity index (χ1n) is 11.7. The van der Waals surface area contributed by atoms with Crippen LogP contribution in [-0.2, 0) is 16.0 Å². The van der Waals surface area contributed by atoms with E-state index in [0.717, 1.165) is 5.39 Å². The van der Waals surface area contributed by atoms with Gasteiger partial charge in [0.05, 0.1) is 5.69 Å². The quantitative estimate of drug-likeness (QED) is 0.507. The van der Waals surface area contributed by atoms with Crippen LogP contribution in [0.2, 0.25) is 0 Å². The number of anilines is 2. The average molecular weight is 510 g/mol. The number of carbonyl (C=O) groups excluding carboxylic acids is 2. The molecule has 10 heteroatoms. The molecule has 2 aromatic carbocycles. The highest BCUT2D eigenvalue weighted by Crippen LogP contribution is 2.36. The van der Waals surface area contributed by atoms with Crippen molar-refractivity contribution in [3.8, 4) is 0 Å². The summed E-state index contributed by atoms with van der Waals surface area (Å²) in [6.45, 7) is 6.23. The van der Waals surface area contributed by atoms with E-state index in [1.54, 1.807) is 41.6 Å². The number of carbonyl (C=O) groups is 2. The number of likely N-dealkylation sites (tertiary alicyclic amines) is 1. The highest BCUT2D eigenvalue weighted by Gasteiger charge is 2.31. The fraction of sp³-hybridized carbons (Fsp3) is 0.346. The molecule has 4 rings (SSSR count). The maximum Gasteiger partial charge on any atom is 0.410 e. The Hall–Kier alpha value is -3.50. The molecule has 1 fully saturated rings. The molecule has 1 atom stereocenters. The van der Waals surface area contributed by atoms with E-state index >= 15 is 0 Å². The highest BCUT2D eigenvalue weighted by molar-refractivity contribution is 7.80. The third-order valence-electron chi connectivity index (χ3n) is 5.94. The van der Waals surface area contributed by atoms with Crippen molar-refractivity contribution in [3.05, 3.63) is 66.5 Å². The molecule has 0 aliphatic carbocycles. The Labute approximate surface area is 212 Å². The summed E-state index contributed by atoms with van der Waals surface area (Å²) < 4.78 is 31.7. The second-order valence-electron chi connectivity index (χ2n) is 9.61. The SMILES string of the molecule is CC(C)(C)OC(=O)N1CCC(N(c2ccc(NC(=O)c3ccncc3)c3ccccc23)S(=O)[O-])CC1. The van der Waals surface area contributed by atoms with E-state index in [2.05, 4.69) is 10.3 Å². The first kappa shape index (κ1) is 25.6. The van der Waals surface area contributed by atoms with Crippen LogP contribution in [0.15, 0.2) is 60.9 Å². The standard InChI is InChI=1S/C26H30N4O5S/c1-26(2,3)35-25(32)29-16-12-19(13-17-29)30(36(33)34)23-9-8-22(20-6-4-5-7-21(20)23)28-24(31)18-10-14-27-15-11-18/h4-11,14-15,19H,12-13,16-17H2,1-3H3,(H,28,31)(H,33,34)/p-1. The van der Waals surface area contributed by atoms with Gasteiger partial charge in [-0.15, -0.1) is 0 Å². The molecule has 1 saturated heterocycles. The number of aromatic nitrogens is 1. The van der Waals surface area contributed by atoms with Crippen molar-refractivity contribution in [3.63, 3.8) is 0 Å². The van der Waals surface area contributed by atoms with Gasteiger partial charge in [0.25, 0.3) is 5.91 Å². The Kier molecular flexibility index (Phi) is 7.56. The van der Waals surface area contributed by atoms with Gasteiger partial charge in [-0.1, -0.05) is 24.3 Å². The van der Waals surface area contributed by atoms with Crippen LogP contribution in [0.3, 0.4) is 0 Å². The summed E-state index contributed by atoms with van der Waals surface area (Å²) in [7, 11) is 0. The first-order chi connectivity index (χ1) is 17.1. The van der Waals surface area contributed by atoms with Gasteiger partial charge in [-0.05, 0) is 57.9 Å². The van der Waals surface area contributed by atoms with Gasteiger partial charge < -0.3 is 19.5 Å². The van der Waals surface area contributed by atoms with Crippen LogP contribution in [0.5, 0.6) is 0 Å². The summed E-state index contributed by atoms with van der Waals surface area (Å²) in [6, 6.07) is 13.7. The Morgan fingerprint density at radius 3 is 2.31 bits per heavy atom. The Balaban J connectivity index is 1.58. The van der Waals surface area contributed by atoms with Gasteiger partial charge in [0.1, 0.15) is 5.60 Å². The van der Waals surface area contributed by atoms with Crippen molar-refractivity contribution in [2.45, 2.75) is 45.3 Å². The maximum absolute atomic E-state index is 12.7. The van der Waals surface area contributed by atoms with Crippen LogP contribution in [-0.4, -0.2) is 55.4 Å². The van der Waals surface area contributed by atoms with Crippen LogP contribution >= 0.6 is 0 Å². The molecular weight excluding hydrogens is 480 g/mol. The molecule has 0 radical (unpaired) electrons. The number of piperidine rings is 1. The van der Waals surface area contributed by atoms with Crippen LogP contribution in [0.4, 0.5) is 16.2 Å². The largest absolute Gasteiger partial charge is 0.755 e. The van der Waals surface area contributed by atoms with Gasteiger partial charge in [0.15, 0.2) is 0 Å². The summed E-state index contributed by atoms with van der Waals surface area (Å²) in [6.07, 6.45) is 3.65. The van der Waals surface area contributed by atoms with Crippen molar-refractivity contribution in [2.75, 3.05) is 22.7 Å². The summed E-state index contributed by atoms with van der Waals surface area (Å²) in [4.78, 5) is 30.7. The van der Waals surface area contributed by atoms with Gasteiger partial charge in [0, 0.05) is 64.8 Å². The third-order valence-corrected chi connectivity index (χ3v) is 6.75. The zero-order valence-electron chi connectivity index (χ0n) is 20.5. The lowest BCUT2D eigenvalue weighted by molar-refractivity contribution is 0.0207. The molecule has 190 valence electrons. The summed E-state index contributed by atoms with van der Waals surface area (Å²) in [5.74, 6) is -0.283. The Morgan fingerprint density at radius 2 is 1.69 bits per heavy atom. The number of amides is 2. The van der Waals surface area contributed by atoms with E-state index in [4.69, 9.17) is 4.74 Å². The first-order valence-corrected chi connectivity index (χ1v) is 12.8. The van der Waals surface area contributed by atoms with Gasteiger partial charge in [-0.2, -0.15) is 0 Å². The van der Waals surface area contributed by atoms with Crippen molar-refractivity contribution >= 4 is 45.4 Å². The minimum absolute atomic E-state index is 0.283. The number of hydrogen-bond acceptors (Lipinski definition) is 6. The van der Waals surface area contributed by atoms with Gasteiger partial charge in [-0.25, -0.2) is 4.79 Å². The topological polar surface area (TPSA) is 115 Å². The third kappa shape index (κ3) is 5.83. The number of ether oxygens (including phenoxy) is 1. The molecule has 2 heterocycles. The molecule has 2 amide bonds. The van der Waals surface area contributed by atoms with Crippen molar-refractivity contribution < 1.29 is 23.1 Å². The lowest BCUT2D eigenvalue weighted by Crippen LogP contribution is -2.48. The monoisotopic (exact) mass is 509 g/mol. The molecular formula is C26H29N4O5S-. The summed E-state index contributed by atoms with van der Waals surface area (Å²) >= 11 is -2.54. The predicted molar refractivity (Wildman–Crippen MR) is 138 cm³/mol. The minimum atomic E-state index is -2.54. The van der Waals surface area contributed by atoms with Gasteiger partial charge in [0.2, 0.25) is 0 Å². The zero-order valence-corrected chi connectivity index (χ0v) is 21.3. The van der Waals surface area contributed by atoms with Crippen LogP contribution in [0.1, 0.15) is 44.0 Å². The molecule has 0 spiro atoms. The lowest BCUT2D eigenvalue weighted by Gasteiger charge is -2.40. The summed E-state index contributed by atoms with van der Waals surface area (Å²) in [5, 5.41) is 4.33. The Morgan fingerprint density at radius 1 is 1.06 bits per heavy atom. The molecule has 1 aliphatic heterocycles. The minimum Gasteiger partial charge on any atom is -0.755 e. The number of fused-ring (bicyclic) bond motifs is 1. The van der Waals surface area contributed by atoms with Crippen LogP contribution in [0.25, 0.3) is 10.8 Å². The zero-order chi connectivity index (χ0) is 25.9. The second kappa shape index (κ2) is 10.6. The molecule has 36 heavy (non-hydrogen) atoms. The normalized spacial score (nSPS) is 15.4. The molecule has 1 aromatic heterocycles. The second-order valence-corrected chi connectivity index (χ2v) is 10.4. The number of rotatable bonds is 5. The van der Waals surface area contributed by atoms with E-state index < -0.39 is 23.0 Å². The van der Waals surface area contributed by atoms with Crippen molar-refractivity contribution in [2.24, 2.45) is 0 Å². The smallest absolute Gasteiger partial charge is 0.410 e. The lowest BCUT2D eigenvalue weighted by atomic mass is 10.0. The van der Waals surface area contributed by atoms with Crippen LogP contribution in [0, 0.1) is 0 Å².